The van der Waals surface area contributed by atoms with Crippen molar-refractivity contribution in [3.05, 3.63) is 35.9 Å². The smallest absolute Gasteiger partial charge is 0.0947 e. The second kappa shape index (κ2) is 5.26. The van der Waals surface area contributed by atoms with Crippen molar-refractivity contribution >= 4 is 5.71 Å². The van der Waals surface area contributed by atoms with Crippen LogP contribution in [0.3, 0.4) is 0 Å². The molecule has 0 aromatic heterocycles. The van der Waals surface area contributed by atoms with Crippen molar-refractivity contribution in [1.82, 2.24) is 0 Å². The number of benzene rings is 1. The van der Waals surface area contributed by atoms with E-state index >= 15 is 0 Å². The largest absolute Gasteiger partial charge is 0.376 e. The Balaban J connectivity index is 2.11. The lowest BCUT2D eigenvalue weighted by molar-refractivity contribution is 0.156. The molecule has 0 saturated heterocycles. The number of methoxy groups -OCH3 is 1. The van der Waals surface area contributed by atoms with Crippen molar-refractivity contribution in [2.45, 2.75) is 38.3 Å². The molecule has 0 radical (unpaired) electrons. The Kier molecular flexibility index (Phi) is 3.73. The maximum Gasteiger partial charge on any atom is 0.0947 e. The molecule has 1 saturated carbocycles. The first-order valence-corrected chi connectivity index (χ1v) is 5.95. The van der Waals surface area contributed by atoms with E-state index in [0.717, 1.165) is 12.8 Å². The monoisotopic (exact) mass is 217 g/mol. The van der Waals surface area contributed by atoms with Gasteiger partial charge in [0.2, 0.25) is 0 Å². The van der Waals surface area contributed by atoms with E-state index in [9.17, 15) is 0 Å². The Hall–Kier alpha value is -1.15. The van der Waals surface area contributed by atoms with Gasteiger partial charge in [-0.2, -0.15) is 0 Å². The van der Waals surface area contributed by atoms with Crippen LogP contribution in [0.15, 0.2) is 35.3 Å². The first-order valence-electron chi connectivity index (χ1n) is 5.95. The number of aliphatic imine (C=N–C) groups is 1. The molecule has 2 rings (SSSR count). The summed E-state index contributed by atoms with van der Waals surface area (Å²) in [5, 5.41) is 0. The van der Waals surface area contributed by atoms with Gasteiger partial charge in [0, 0.05) is 12.8 Å². The van der Waals surface area contributed by atoms with Crippen LogP contribution in [-0.4, -0.2) is 18.9 Å². The van der Waals surface area contributed by atoms with E-state index in [4.69, 9.17) is 9.73 Å². The third kappa shape index (κ3) is 2.50. The highest BCUT2D eigenvalue weighted by molar-refractivity contribution is 5.90. The van der Waals surface area contributed by atoms with Crippen LogP contribution < -0.4 is 0 Å². The molecule has 0 bridgehead atoms. The minimum Gasteiger partial charge on any atom is -0.376 e. The van der Waals surface area contributed by atoms with E-state index in [0.29, 0.717) is 0 Å². The van der Waals surface area contributed by atoms with Crippen molar-refractivity contribution in [2.24, 2.45) is 4.99 Å². The quantitative estimate of drug-likeness (QED) is 0.760. The molecule has 1 aliphatic carbocycles. The lowest BCUT2D eigenvalue weighted by Crippen LogP contribution is -2.16. The average molecular weight is 217 g/mol. The summed E-state index contributed by atoms with van der Waals surface area (Å²) >= 11 is 0. The first-order chi connectivity index (χ1) is 7.81. The predicted octanol–water partition coefficient (Wildman–Crippen LogP) is 3.39. The van der Waals surface area contributed by atoms with Crippen molar-refractivity contribution < 1.29 is 4.74 Å². The second-order valence-corrected chi connectivity index (χ2v) is 4.32. The Morgan fingerprint density at radius 2 is 2.06 bits per heavy atom. The molecule has 1 aromatic rings. The number of nitrogens with zero attached hydrogens (tertiary/aromatic N) is 1. The van der Waals surface area contributed by atoms with Crippen LogP contribution in [0.4, 0.5) is 0 Å². The molecule has 1 fully saturated rings. The van der Waals surface area contributed by atoms with Crippen molar-refractivity contribution in [3.63, 3.8) is 0 Å². The SMILES string of the molecule is CO[C@@H]1CCCC1=N[C@@H](C)c1ccccc1. The first kappa shape index (κ1) is 11.3. The summed E-state index contributed by atoms with van der Waals surface area (Å²) in [7, 11) is 1.78. The van der Waals surface area contributed by atoms with Gasteiger partial charge in [-0.1, -0.05) is 30.3 Å². The van der Waals surface area contributed by atoms with Gasteiger partial charge in [0.25, 0.3) is 0 Å². The third-order valence-corrected chi connectivity index (χ3v) is 3.20. The molecular formula is C14H19NO. The Morgan fingerprint density at radius 3 is 2.75 bits per heavy atom. The fourth-order valence-corrected chi connectivity index (χ4v) is 2.25. The minimum atomic E-state index is 0.243. The van der Waals surface area contributed by atoms with E-state index in [1.807, 2.05) is 6.07 Å². The van der Waals surface area contributed by atoms with Gasteiger partial charge in [0.1, 0.15) is 0 Å². The van der Waals surface area contributed by atoms with Crippen LogP contribution in [0, 0.1) is 0 Å². The zero-order valence-electron chi connectivity index (χ0n) is 10.0. The molecule has 86 valence electrons. The van der Waals surface area contributed by atoms with Gasteiger partial charge in [0.15, 0.2) is 0 Å². The third-order valence-electron chi connectivity index (χ3n) is 3.20. The average Bonchev–Trinajstić information content (AvgIpc) is 2.77. The fourth-order valence-electron chi connectivity index (χ4n) is 2.25. The lowest BCUT2D eigenvalue weighted by atomic mass is 10.1. The molecule has 16 heavy (non-hydrogen) atoms. The lowest BCUT2D eigenvalue weighted by Gasteiger charge is -2.12. The molecule has 2 atom stereocenters. The Bertz CT molecular complexity index is 358. The summed E-state index contributed by atoms with van der Waals surface area (Å²) in [6, 6.07) is 10.7. The fraction of sp³-hybridized carbons (Fsp3) is 0.500. The van der Waals surface area contributed by atoms with Gasteiger partial charge >= 0.3 is 0 Å². The molecule has 1 aliphatic rings. The van der Waals surface area contributed by atoms with E-state index in [1.54, 1.807) is 7.11 Å². The van der Waals surface area contributed by atoms with E-state index < -0.39 is 0 Å². The summed E-state index contributed by atoms with van der Waals surface area (Å²) in [6.07, 6.45) is 3.68. The zero-order chi connectivity index (χ0) is 11.4. The Morgan fingerprint density at radius 1 is 1.31 bits per heavy atom. The summed E-state index contributed by atoms with van der Waals surface area (Å²) in [4.78, 5) is 4.79. The number of hydrogen-bond donors (Lipinski definition) is 0. The molecule has 0 unspecified atom stereocenters. The summed E-state index contributed by atoms with van der Waals surface area (Å²) in [6.45, 7) is 2.15. The van der Waals surface area contributed by atoms with Crippen LogP contribution in [0.1, 0.15) is 37.8 Å². The molecule has 2 heteroatoms. The van der Waals surface area contributed by atoms with E-state index in [-0.39, 0.29) is 12.1 Å². The van der Waals surface area contributed by atoms with Crippen LogP contribution in [0.2, 0.25) is 0 Å². The van der Waals surface area contributed by atoms with Crippen LogP contribution >= 0.6 is 0 Å². The van der Waals surface area contributed by atoms with Gasteiger partial charge in [0.05, 0.1) is 12.1 Å². The minimum absolute atomic E-state index is 0.243. The maximum absolute atomic E-state index is 5.43. The predicted molar refractivity (Wildman–Crippen MR) is 66.9 cm³/mol. The molecule has 0 aliphatic heterocycles. The normalized spacial score (nSPS) is 24.9. The van der Waals surface area contributed by atoms with Gasteiger partial charge in [-0.25, -0.2) is 0 Å². The van der Waals surface area contributed by atoms with Crippen LogP contribution in [0.5, 0.6) is 0 Å². The van der Waals surface area contributed by atoms with Crippen molar-refractivity contribution in [1.29, 1.82) is 0 Å². The number of ether oxygens (including phenoxy) is 1. The summed E-state index contributed by atoms with van der Waals surface area (Å²) < 4.78 is 5.43. The van der Waals surface area contributed by atoms with E-state index in [1.165, 1.54) is 17.7 Å². The molecule has 2 nitrogen and oxygen atoms in total. The number of rotatable bonds is 3. The molecule has 0 heterocycles. The highest BCUT2D eigenvalue weighted by Crippen LogP contribution is 2.23. The second-order valence-electron chi connectivity index (χ2n) is 4.32. The van der Waals surface area contributed by atoms with Crippen molar-refractivity contribution in [3.8, 4) is 0 Å². The zero-order valence-corrected chi connectivity index (χ0v) is 10.0. The molecular weight excluding hydrogens is 198 g/mol. The van der Waals surface area contributed by atoms with Gasteiger partial charge < -0.3 is 4.74 Å². The summed E-state index contributed by atoms with van der Waals surface area (Å²) in [5.74, 6) is 0. The molecule has 1 aromatic carbocycles. The topological polar surface area (TPSA) is 21.6 Å². The van der Waals surface area contributed by atoms with Gasteiger partial charge in [-0.15, -0.1) is 0 Å². The Labute approximate surface area is 97.4 Å². The maximum atomic E-state index is 5.43. The highest BCUT2D eigenvalue weighted by Gasteiger charge is 2.22. The van der Waals surface area contributed by atoms with Crippen molar-refractivity contribution in [2.75, 3.05) is 7.11 Å². The van der Waals surface area contributed by atoms with Crippen LogP contribution in [0.25, 0.3) is 0 Å². The van der Waals surface area contributed by atoms with Crippen LogP contribution in [-0.2, 0) is 4.74 Å². The molecule has 0 amide bonds. The number of hydrogen-bond acceptors (Lipinski definition) is 2. The molecule has 0 spiro atoms. The standard InChI is InChI=1S/C14H19NO/c1-11(12-7-4-3-5-8-12)15-13-9-6-10-14(13)16-2/h3-5,7-8,11,14H,6,9-10H2,1-2H3/t11-,14+/m0/s1. The van der Waals surface area contributed by atoms with E-state index in [2.05, 4.69) is 31.2 Å². The van der Waals surface area contributed by atoms with Gasteiger partial charge in [-0.05, 0) is 31.7 Å². The highest BCUT2D eigenvalue weighted by atomic mass is 16.5. The summed E-state index contributed by atoms with van der Waals surface area (Å²) in [5.41, 5.74) is 2.51. The van der Waals surface area contributed by atoms with Gasteiger partial charge in [-0.3, -0.25) is 4.99 Å². The molecule has 0 N–H and O–H groups in total.